The largest absolute Gasteiger partial charge is 0.357 e. The standard InChI is InChI=1S/C15H15ClN4S/c1-3-11-8-12-13(18-10-6-4-5-9(16)7-10)19-15(17-2)20-14(12)21-11/h4-8H,3H2,1-2H3,(H2,17,18,19,20). The quantitative estimate of drug-likeness (QED) is 0.732. The number of fused-ring (bicyclic) bond motifs is 1. The first-order valence-electron chi connectivity index (χ1n) is 6.70. The molecule has 0 saturated carbocycles. The van der Waals surface area contributed by atoms with Crippen molar-refractivity contribution < 1.29 is 0 Å². The van der Waals surface area contributed by atoms with E-state index >= 15 is 0 Å². The highest BCUT2D eigenvalue weighted by Gasteiger charge is 2.11. The highest BCUT2D eigenvalue weighted by atomic mass is 35.5. The molecule has 2 heterocycles. The molecule has 3 aromatic rings. The molecule has 1 aromatic carbocycles. The fourth-order valence-electron chi connectivity index (χ4n) is 2.06. The van der Waals surface area contributed by atoms with Crippen molar-refractivity contribution in [3.05, 3.63) is 40.2 Å². The zero-order chi connectivity index (χ0) is 14.8. The van der Waals surface area contributed by atoms with E-state index in [-0.39, 0.29) is 0 Å². The summed E-state index contributed by atoms with van der Waals surface area (Å²) in [5.74, 6) is 1.40. The summed E-state index contributed by atoms with van der Waals surface area (Å²) in [6, 6.07) is 9.74. The van der Waals surface area contributed by atoms with Gasteiger partial charge < -0.3 is 10.6 Å². The lowest BCUT2D eigenvalue weighted by Crippen LogP contribution is -2.00. The Morgan fingerprint density at radius 2 is 2.10 bits per heavy atom. The minimum Gasteiger partial charge on any atom is -0.357 e. The Kier molecular flexibility index (Phi) is 3.94. The maximum Gasteiger partial charge on any atom is 0.225 e. The number of hydrogen-bond donors (Lipinski definition) is 2. The lowest BCUT2D eigenvalue weighted by Gasteiger charge is -2.08. The number of benzene rings is 1. The third-order valence-corrected chi connectivity index (χ3v) is 4.51. The van der Waals surface area contributed by atoms with Gasteiger partial charge in [-0.15, -0.1) is 11.3 Å². The van der Waals surface area contributed by atoms with Crippen LogP contribution < -0.4 is 10.6 Å². The number of rotatable bonds is 4. The van der Waals surface area contributed by atoms with E-state index in [0.717, 1.165) is 28.1 Å². The molecule has 0 aliphatic carbocycles. The SMILES string of the molecule is CCc1cc2c(Nc3cccc(Cl)c3)nc(NC)nc2s1. The summed E-state index contributed by atoms with van der Waals surface area (Å²) in [6.07, 6.45) is 0.993. The molecule has 0 spiro atoms. The van der Waals surface area contributed by atoms with Gasteiger partial charge in [-0.1, -0.05) is 24.6 Å². The highest BCUT2D eigenvalue weighted by Crippen LogP contribution is 2.32. The summed E-state index contributed by atoms with van der Waals surface area (Å²) in [7, 11) is 1.82. The van der Waals surface area contributed by atoms with Crippen LogP contribution in [0.3, 0.4) is 0 Å². The van der Waals surface area contributed by atoms with Crippen molar-refractivity contribution >= 4 is 50.6 Å². The van der Waals surface area contributed by atoms with Crippen LogP contribution in [0.1, 0.15) is 11.8 Å². The molecule has 0 amide bonds. The molecule has 21 heavy (non-hydrogen) atoms. The summed E-state index contributed by atoms with van der Waals surface area (Å²) in [6.45, 7) is 2.14. The average Bonchev–Trinajstić information content (AvgIpc) is 2.90. The third kappa shape index (κ3) is 2.94. The van der Waals surface area contributed by atoms with Gasteiger partial charge in [0.2, 0.25) is 5.95 Å². The molecule has 3 rings (SSSR count). The smallest absolute Gasteiger partial charge is 0.225 e. The highest BCUT2D eigenvalue weighted by molar-refractivity contribution is 7.18. The molecule has 4 nitrogen and oxygen atoms in total. The van der Waals surface area contributed by atoms with Crippen LogP contribution in [-0.2, 0) is 6.42 Å². The first-order valence-corrected chi connectivity index (χ1v) is 7.90. The van der Waals surface area contributed by atoms with E-state index in [1.807, 2.05) is 31.3 Å². The van der Waals surface area contributed by atoms with Gasteiger partial charge in [-0.3, -0.25) is 0 Å². The van der Waals surface area contributed by atoms with Crippen LogP contribution in [0.2, 0.25) is 5.02 Å². The number of anilines is 3. The summed E-state index contributed by atoms with van der Waals surface area (Å²) in [5.41, 5.74) is 0.911. The van der Waals surface area contributed by atoms with Gasteiger partial charge in [0.25, 0.3) is 0 Å². The van der Waals surface area contributed by atoms with E-state index in [0.29, 0.717) is 11.0 Å². The lowest BCUT2D eigenvalue weighted by molar-refractivity contribution is 1.19. The Labute approximate surface area is 132 Å². The van der Waals surface area contributed by atoms with E-state index in [2.05, 4.69) is 33.6 Å². The van der Waals surface area contributed by atoms with E-state index in [1.54, 1.807) is 11.3 Å². The molecule has 0 radical (unpaired) electrons. The molecule has 0 unspecified atom stereocenters. The van der Waals surface area contributed by atoms with Gasteiger partial charge in [-0.25, -0.2) is 4.98 Å². The molecule has 6 heteroatoms. The van der Waals surface area contributed by atoms with Crippen molar-refractivity contribution in [1.82, 2.24) is 9.97 Å². The summed E-state index contributed by atoms with van der Waals surface area (Å²) in [5, 5.41) is 8.06. The molecule has 0 fully saturated rings. The maximum atomic E-state index is 6.03. The zero-order valence-electron chi connectivity index (χ0n) is 11.8. The van der Waals surface area contributed by atoms with Gasteiger partial charge in [0.15, 0.2) is 0 Å². The van der Waals surface area contributed by atoms with Crippen LogP contribution in [0.25, 0.3) is 10.2 Å². The molecule has 0 aliphatic rings. The van der Waals surface area contributed by atoms with Crippen molar-refractivity contribution in [2.24, 2.45) is 0 Å². The zero-order valence-corrected chi connectivity index (χ0v) is 13.3. The summed E-state index contributed by atoms with van der Waals surface area (Å²) < 4.78 is 0. The molecule has 2 N–H and O–H groups in total. The topological polar surface area (TPSA) is 49.8 Å². The number of nitrogens with zero attached hydrogens (tertiary/aromatic N) is 2. The molecule has 0 saturated heterocycles. The van der Waals surface area contributed by atoms with Crippen LogP contribution in [0.4, 0.5) is 17.5 Å². The van der Waals surface area contributed by atoms with Crippen LogP contribution in [0.15, 0.2) is 30.3 Å². The number of hydrogen-bond acceptors (Lipinski definition) is 5. The van der Waals surface area contributed by atoms with Gasteiger partial charge in [-0.05, 0) is 30.7 Å². The van der Waals surface area contributed by atoms with Crippen LogP contribution in [-0.4, -0.2) is 17.0 Å². The summed E-state index contributed by atoms with van der Waals surface area (Å²) >= 11 is 7.73. The Balaban J connectivity index is 2.09. The van der Waals surface area contributed by atoms with Crippen molar-refractivity contribution in [3.8, 4) is 0 Å². The fraction of sp³-hybridized carbons (Fsp3) is 0.200. The van der Waals surface area contributed by atoms with E-state index < -0.39 is 0 Å². The van der Waals surface area contributed by atoms with Crippen LogP contribution in [0.5, 0.6) is 0 Å². The Hall–Kier alpha value is -1.85. The lowest BCUT2D eigenvalue weighted by atomic mass is 10.3. The second kappa shape index (κ2) is 5.87. The van der Waals surface area contributed by atoms with Crippen molar-refractivity contribution in [1.29, 1.82) is 0 Å². The van der Waals surface area contributed by atoms with Crippen LogP contribution in [0, 0.1) is 0 Å². The normalized spacial score (nSPS) is 10.8. The fourth-order valence-corrected chi connectivity index (χ4v) is 3.21. The van der Waals surface area contributed by atoms with Crippen molar-refractivity contribution in [3.63, 3.8) is 0 Å². The number of nitrogens with one attached hydrogen (secondary N) is 2. The first kappa shape index (κ1) is 14.1. The second-order valence-corrected chi connectivity index (χ2v) is 6.12. The molecule has 2 aromatic heterocycles. The van der Waals surface area contributed by atoms with Crippen LogP contribution >= 0.6 is 22.9 Å². The van der Waals surface area contributed by atoms with Gasteiger partial charge in [0.1, 0.15) is 10.6 Å². The number of halogens is 1. The molecular weight excluding hydrogens is 304 g/mol. The molecule has 0 aliphatic heterocycles. The number of thiophene rings is 1. The maximum absolute atomic E-state index is 6.03. The van der Waals surface area contributed by atoms with E-state index in [9.17, 15) is 0 Å². The van der Waals surface area contributed by atoms with Gasteiger partial charge in [-0.2, -0.15) is 4.98 Å². The summed E-state index contributed by atoms with van der Waals surface area (Å²) in [4.78, 5) is 11.3. The predicted molar refractivity (Wildman–Crippen MR) is 91.1 cm³/mol. The molecule has 108 valence electrons. The molecule has 0 atom stereocenters. The average molecular weight is 319 g/mol. The van der Waals surface area contributed by atoms with Gasteiger partial charge in [0, 0.05) is 22.6 Å². The number of aryl methyl sites for hydroxylation is 1. The Morgan fingerprint density at radius 1 is 1.24 bits per heavy atom. The first-order chi connectivity index (χ1) is 10.2. The van der Waals surface area contributed by atoms with E-state index in [1.165, 1.54) is 4.88 Å². The second-order valence-electron chi connectivity index (χ2n) is 4.57. The minimum absolute atomic E-state index is 0.608. The van der Waals surface area contributed by atoms with Crippen molar-refractivity contribution in [2.45, 2.75) is 13.3 Å². The third-order valence-electron chi connectivity index (χ3n) is 3.10. The predicted octanol–water partition coefficient (Wildman–Crippen LogP) is 4.69. The molecule has 0 bridgehead atoms. The Morgan fingerprint density at radius 3 is 2.81 bits per heavy atom. The minimum atomic E-state index is 0.608. The van der Waals surface area contributed by atoms with E-state index in [4.69, 9.17) is 11.6 Å². The molecular formula is C15H15ClN4S. The van der Waals surface area contributed by atoms with Gasteiger partial charge in [0.05, 0.1) is 5.39 Å². The number of aromatic nitrogens is 2. The van der Waals surface area contributed by atoms with Gasteiger partial charge >= 0.3 is 0 Å². The monoisotopic (exact) mass is 318 g/mol. The van der Waals surface area contributed by atoms with Crippen molar-refractivity contribution in [2.75, 3.05) is 17.7 Å². The Bertz CT molecular complexity index is 784.